The highest BCUT2D eigenvalue weighted by molar-refractivity contribution is 7.99. The van der Waals surface area contributed by atoms with Crippen molar-refractivity contribution in [3.63, 3.8) is 0 Å². The number of aromatic nitrogens is 1. The van der Waals surface area contributed by atoms with Crippen LogP contribution in [0.25, 0.3) is 0 Å². The molecule has 1 aromatic rings. The molecule has 0 spiro atoms. The maximum absolute atomic E-state index is 12.7. The van der Waals surface area contributed by atoms with Crippen molar-refractivity contribution in [3.8, 4) is 6.07 Å². The summed E-state index contributed by atoms with van der Waals surface area (Å²) in [6.45, 7) is 1.44. The SMILES string of the molecule is N#CCCNC(=O)CSc1ccc(S(=O)(=O)N2CCCCCC2)cn1. The number of rotatable bonds is 7. The summed E-state index contributed by atoms with van der Waals surface area (Å²) in [5.41, 5.74) is 0. The third-order valence-electron chi connectivity index (χ3n) is 3.82. The number of pyridine rings is 1. The van der Waals surface area contributed by atoms with Crippen LogP contribution in [0.1, 0.15) is 32.1 Å². The second-order valence-corrected chi connectivity index (χ2v) is 8.63. The van der Waals surface area contributed by atoms with E-state index in [1.807, 2.05) is 6.07 Å². The Morgan fingerprint density at radius 1 is 1.28 bits per heavy atom. The van der Waals surface area contributed by atoms with Gasteiger partial charge in [0.15, 0.2) is 0 Å². The standard InChI is InChI=1S/C16H22N4O3S2/c17-8-5-9-18-15(21)13-24-16-7-6-14(12-19-16)25(22,23)20-10-3-1-2-4-11-20/h6-7,12H,1-5,9-11,13H2,(H,18,21). The number of hydrogen-bond acceptors (Lipinski definition) is 6. The molecule has 1 amide bonds. The van der Waals surface area contributed by atoms with Crippen LogP contribution >= 0.6 is 11.8 Å². The molecule has 0 atom stereocenters. The molecule has 1 aliphatic rings. The Morgan fingerprint density at radius 2 is 2.00 bits per heavy atom. The number of hydrogen-bond donors (Lipinski definition) is 1. The van der Waals surface area contributed by atoms with Gasteiger partial charge < -0.3 is 5.32 Å². The number of carbonyl (C=O) groups excluding carboxylic acids is 1. The van der Waals surface area contributed by atoms with Gasteiger partial charge in [-0.1, -0.05) is 24.6 Å². The lowest BCUT2D eigenvalue weighted by atomic mass is 10.2. The third kappa shape index (κ3) is 5.99. The van der Waals surface area contributed by atoms with E-state index in [9.17, 15) is 13.2 Å². The molecule has 0 bridgehead atoms. The predicted molar refractivity (Wildman–Crippen MR) is 95.4 cm³/mol. The second-order valence-electron chi connectivity index (χ2n) is 5.70. The highest BCUT2D eigenvalue weighted by atomic mass is 32.2. The molecule has 2 rings (SSSR count). The first kappa shape index (κ1) is 19.7. The fraction of sp³-hybridized carbons (Fsp3) is 0.562. The number of sulfonamides is 1. The van der Waals surface area contributed by atoms with E-state index < -0.39 is 10.0 Å². The van der Waals surface area contributed by atoms with Crippen molar-refractivity contribution < 1.29 is 13.2 Å². The Labute approximate surface area is 152 Å². The van der Waals surface area contributed by atoms with Crippen molar-refractivity contribution >= 4 is 27.7 Å². The molecule has 0 radical (unpaired) electrons. The molecule has 9 heteroatoms. The number of thioether (sulfide) groups is 1. The molecular formula is C16H22N4O3S2. The Morgan fingerprint density at radius 3 is 2.60 bits per heavy atom. The van der Waals surface area contributed by atoms with E-state index in [4.69, 9.17) is 5.26 Å². The van der Waals surface area contributed by atoms with E-state index in [-0.39, 0.29) is 23.0 Å². The van der Waals surface area contributed by atoms with Crippen LogP contribution in [0.3, 0.4) is 0 Å². The first-order valence-electron chi connectivity index (χ1n) is 8.26. The zero-order chi connectivity index (χ0) is 18.1. The van der Waals surface area contributed by atoms with Gasteiger partial charge in [0, 0.05) is 25.8 Å². The smallest absolute Gasteiger partial charge is 0.244 e. The Kier molecular flexibility index (Phi) is 7.68. The lowest BCUT2D eigenvalue weighted by Gasteiger charge is -2.19. The Balaban J connectivity index is 1.92. The molecule has 0 aromatic carbocycles. The third-order valence-corrected chi connectivity index (χ3v) is 6.65. The zero-order valence-electron chi connectivity index (χ0n) is 14.0. The monoisotopic (exact) mass is 382 g/mol. The van der Waals surface area contributed by atoms with Crippen molar-refractivity contribution in [2.45, 2.75) is 42.0 Å². The quantitative estimate of drug-likeness (QED) is 0.569. The average Bonchev–Trinajstić information content (AvgIpc) is 2.90. The maximum Gasteiger partial charge on any atom is 0.244 e. The second kappa shape index (κ2) is 9.75. The van der Waals surface area contributed by atoms with Gasteiger partial charge in [0.05, 0.1) is 23.3 Å². The van der Waals surface area contributed by atoms with Gasteiger partial charge in [-0.25, -0.2) is 13.4 Å². The molecule has 25 heavy (non-hydrogen) atoms. The van der Waals surface area contributed by atoms with Crippen LogP contribution in [-0.4, -0.2) is 49.0 Å². The molecule has 136 valence electrons. The number of amides is 1. The van der Waals surface area contributed by atoms with E-state index in [0.29, 0.717) is 24.7 Å². The van der Waals surface area contributed by atoms with Gasteiger partial charge >= 0.3 is 0 Å². The van der Waals surface area contributed by atoms with Crippen molar-refractivity contribution in [2.24, 2.45) is 0 Å². The first-order chi connectivity index (χ1) is 12.0. The van der Waals surface area contributed by atoms with Crippen LogP contribution in [0.2, 0.25) is 0 Å². The minimum absolute atomic E-state index is 0.177. The van der Waals surface area contributed by atoms with E-state index in [0.717, 1.165) is 25.7 Å². The van der Waals surface area contributed by atoms with Gasteiger partial charge in [-0.3, -0.25) is 4.79 Å². The van der Waals surface area contributed by atoms with Gasteiger partial charge in [0.2, 0.25) is 15.9 Å². The summed E-state index contributed by atoms with van der Waals surface area (Å²) in [4.78, 5) is 15.9. The minimum atomic E-state index is -3.50. The summed E-state index contributed by atoms with van der Waals surface area (Å²) in [6, 6.07) is 5.12. The van der Waals surface area contributed by atoms with Crippen LogP contribution in [0, 0.1) is 11.3 Å². The fourth-order valence-electron chi connectivity index (χ4n) is 2.48. The zero-order valence-corrected chi connectivity index (χ0v) is 15.6. The van der Waals surface area contributed by atoms with Crippen LogP contribution < -0.4 is 5.32 Å². The van der Waals surface area contributed by atoms with Gasteiger partial charge in [-0.15, -0.1) is 0 Å². The molecule has 2 heterocycles. The molecule has 1 aromatic heterocycles. The molecule has 1 fully saturated rings. The summed E-state index contributed by atoms with van der Waals surface area (Å²) in [6.07, 6.45) is 5.55. The Hall–Kier alpha value is -1.63. The molecule has 1 aliphatic heterocycles. The van der Waals surface area contributed by atoms with Crippen LogP contribution in [0.15, 0.2) is 28.3 Å². The number of nitriles is 1. The largest absolute Gasteiger partial charge is 0.354 e. The summed E-state index contributed by atoms with van der Waals surface area (Å²) in [5, 5.41) is 11.6. The number of nitrogens with one attached hydrogen (secondary N) is 1. The molecule has 7 nitrogen and oxygen atoms in total. The van der Waals surface area contributed by atoms with Gasteiger partial charge in [0.1, 0.15) is 4.90 Å². The molecule has 0 unspecified atom stereocenters. The summed E-state index contributed by atoms with van der Waals surface area (Å²) in [7, 11) is -3.50. The summed E-state index contributed by atoms with van der Waals surface area (Å²) < 4.78 is 26.8. The van der Waals surface area contributed by atoms with Crippen LogP contribution in [0.4, 0.5) is 0 Å². The van der Waals surface area contributed by atoms with E-state index >= 15 is 0 Å². The number of carbonyl (C=O) groups is 1. The van der Waals surface area contributed by atoms with Crippen LogP contribution in [0.5, 0.6) is 0 Å². The lowest BCUT2D eigenvalue weighted by Crippen LogP contribution is -2.32. The average molecular weight is 383 g/mol. The van der Waals surface area contributed by atoms with E-state index in [1.165, 1.54) is 22.3 Å². The highest BCUT2D eigenvalue weighted by Crippen LogP contribution is 2.22. The maximum atomic E-state index is 12.7. The Bertz CT molecular complexity index is 706. The van der Waals surface area contributed by atoms with E-state index in [1.54, 1.807) is 12.1 Å². The van der Waals surface area contributed by atoms with Crippen molar-refractivity contribution in [3.05, 3.63) is 18.3 Å². The van der Waals surface area contributed by atoms with Gasteiger partial charge in [-0.2, -0.15) is 9.57 Å². The van der Waals surface area contributed by atoms with Crippen molar-refractivity contribution in [2.75, 3.05) is 25.4 Å². The normalized spacial score (nSPS) is 16.0. The van der Waals surface area contributed by atoms with Gasteiger partial charge in [-0.05, 0) is 25.0 Å². The predicted octanol–water partition coefficient (Wildman–Crippen LogP) is 1.77. The molecule has 1 saturated heterocycles. The minimum Gasteiger partial charge on any atom is -0.354 e. The first-order valence-corrected chi connectivity index (χ1v) is 10.7. The van der Waals surface area contributed by atoms with Crippen molar-refractivity contribution in [1.29, 1.82) is 5.26 Å². The van der Waals surface area contributed by atoms with Crippen LogP contribution in [-0.2, 0) is 14.8 Å². The van der Waals surface area contributed by atoms with E-state index in [2.05, 4.69) is 10.3 Å². The summed E-state index contributed by atoms with van der Waals surface area (Å²) >= 11 is 1.23. The van der Waals surface area contributed by atoms with Crippen molar-refractivity contribution in [1.82, 2.24) is 14.6 Å². The molecule has 0 aliphatic carbocycles. The highest BCUT2D eigenvalue weighted by Gasteiger charge is 2.25. The molecular weight excluding hydrogens is 360 g/mol. The van der Waals surface area contributed by atoms with Gasteiger partial charge in [0.25, 0.3) is 0 Å². The molecule has 0 saturated carbocycles. The molecule has 1 N–H and O–H groups in total. The lowest BCUT2D eigenvalue weighted by molar-refractivity contribution is -0.118. The number of nitrogens with zero attached hydrogens (tertiary/aromatic N) is 3. The topological polar surface area (TPSA) is 103 Å². The fourth-order valence-corrected chi connectivity index (χ4v) is 4.62. The summed E-state index contributed by atoms with van der Waals surface area (Å²) in [5.74, 6) is -0.000254.